The summed E-state index contributed by atoms with van der Waals surface area (Å²) in [6.45, 7) is 2.25. The monoisotopic (exact) mass is 320 g/mol. The Balaban J connectivity index is 2.03. The smallest absolute Gasteiger partial charge is 0.0693 e. The van der Waals surface area contributed by atoms with Gasteiger partial charge in [-0.2, -0.15) is 5.26 Å². The highest BCUT2D eigenvalue weighted by Crippen LogP contribution is 2.42. The fourth-order valence-electron chi connectivity index (χ4n) is 3.20. The van der Waals surface area contributed by atoms with Crippen LogP contribution in [0.5, 0.6) is 0 Å². The molecule has 0 amide bonds. The number of pyridine rings is 1. The number of rotatable bonds is 4. The lowest BCUT2D eigenvalue weighted by molar-refractivity contribution is 0.200. The molecule has 102 valence electrons. The summed E-state index contributed by atoms with van der Waals surface area (Å²) in [7, 11) is 0. The van der Waals surface area contributed by atoms with Crippen LogP contribution in [0.15, 0.2) is 22.9 Å². The van der Waals surface area contributed by atoms with Crippen LogP contribution < -0.4 is 0 Å². The Labute approximate surface area is 124 Å². The fraction of sp³-hybridized carbons (Fsp3) is 0.625. The molecular formula is C16H21BrN2. The molecule has 2 rings (SSSR count). The van der Waals surface area contributed by atoms with Gasteiger partial charge in [-0.3, -0.25) is 4.98 Å². The predicted molar refractivity (Wildman–Crippen MR) is 80.6 cm³/mol. The van der Waals surface area contributed by atoms with Crippen LogP contribution in [-0.4, -0.2) is 4.98 Å². The van der Waals surface area contributed by atoms with Crippen LogP contribution in [0.3, 0.4) is 0 Å². The zero-order valence-corrected chi connectivity index (χ0v) is 13.1. The fourth-order valence-corrected chi connectivity index (χ4v) is 3.61. The number of halogens is 1. The molecule has 0 aliphatic heterocycles. The molecule has 0 atom stereocenters. The third-order valence-electron chi connectivity index (χ3n) is 4.30. The third-order valence-corrected chi connectivity index (χ3v) is 4.73. The Morgan fingerprint density at radius 1 is 1.42 bits per heavy atom. The second-order valence-corrected chi connectivity index (χ2v) is 6.73. The zero-order chi connectivity index (χ0) is 13.7. The van der Waals surface area contributed by atoms with E-state index in [0.29, 0.717) is 0 Å². The molecule has 3 heteroatoms. The van der Waals surface area contributed by atoms with E-state index < -0.39 is 0 Å². The molecule has 0 N–H and O–H groups in total. The van der Waals surface area contributed by atoms with Crippen molar-refractivity contribution >= 4 is 15.9 Å². The quantitative estimate of drug-likeness (QED) is 0.792. The molecule has 19 heavy (non-hydrogen) atoms. The summed E-state index contributed by atoms with van der Waals surface area (Å²) in [6.07, 6.45) is 11.6. The van der Waals surface area contributed by atoms with Crippen molar-refractivity contribution < 1.29 is 0 Å². The number of hydrogen-bond acceptors (Lipinski definition) is 2. The highest BCUT2D eigenvalue weighted by atomic mass is 79.9. The van der Waals surface area contributed by atoms with Crippen LogP contribution in [0, 0.1) is 22.7 Å². The van der Waals surface area contributed by atoms with Crippen molar-refractivity contribution in [1.82, 2.24) is 4.98 Å². The van der Waals surface area contributed by atoms with Gasteiger partial charge in [0.25, 0.3) is 0 Å². The Kier molecular flexibility index (Phi) is 4.99. The predicted octanol–water partition coefficient (Wildman–Crippen LogP) is 4.89. The molecule has 1 fully saturated rings. The highest BCUT2D eigenvalue weighted by molar-refractivity contribution is 9.10. The minimum absolute atomic E-state index is 0.160. The van der Waals surface area contributed by atoms with Crippen LogP contribution in [0.25, 0.3) is 0 Å². The van der Waals surface area contributed by atoms with E-state index in [0.717, 1.165) is 29.7 Å². The maximum absolute atomic E-state index is 9.61. The summed E-state index contributed by atoms with van der Waals surface area (Å²) in [5.74, 6) is 0.840. The van der Waals surface area contributed by atoms with E-state index in [1.165, 1.54) is 31.2 Å². The molecule has 0 spiro atoms. The van der Waals surface area contributed by atoms with Crippen LogP contribution in [0.4, 0.5) is 0 Å². The third kappa shape index (κ3) is 3.79. The molecule has 0 aromatic carbocycles. The Hall–Kier alpha value is -0.880. The van der Waals surface area contributed by atoms with E-state index in [9.17, 15) is 5.26 Å². The highest BCUT2D eigenvalue weighted by Gasteiger charge is 2.35. The molecule has 1 aromatic heterocycles. The minimum atomic E-state index is -0.160. The van der Waals surface area contributed by atoms with Gasteiger partial charge < -0.3 is 0 Å². The van der Waals surface area contributed by atoms with Gasteiger partial charge in [0.1, 0.15) is 0 Å². The van der Waals surface area contributed by atoms with Gasteiger partial charge in [-0.25, -0.2) is 0 Å². The van der Waals surface area contributed by atoms with E-state index in [1.807, 2.05) is 6.20 Å². The Bertz CT molecular complexity index is 456. The number of nitrogens with zero attached hydrogens (tertiary/aromatic N) is 2. The van der Waals surface area contributed by atoms with Gasteiger partial charge >= 0.3 is 0 Å². The van der Waals surface area contributed by atoms with Gasteiger partial charge in [0.15, 0.2) is 0 Å². The molecule has 0 bridgehead atoms. The first kappa shape index (κ1) is 14.5. The van der Waals surface area contributed by atoms with Crippen LogP contribution in [0.2, 0.25) is 0 Å². The van der Waals surface area contributed by atoms with Crippen LogP contribution in [-0.2, 0) is 6.42 Å². The zero-order valence-electron chi connectivity index (χ0n) is 11.5. The lowest BCUT2D eigenvalue weighted by Gasteiger charge is -2.35. The van der Waals surface area contributed by atoms with Crippen molar-refractivity contribution in [2.45, 2.75) is 51.9 Å². The molecule has 0 unspecified atom stereocenters. The number of hydrogen-bond donors (Lipinski definition) is 0. The van der Waals surface area contributed by atoms with Crippen molar-refractivity contribution in [2.24, 2.45) is 11.3 Å². The Morgan fingerprint density at radius 3 is 2.74 bits per heavy atom. The van der Waals surface area contributed by atoms with Gasteiger partial charge in [0, 0.05) is 16.9 Å². The molecule has 1 aliphatic rings. The van der Waals surface area contributed by atoms with Crippen LogP contribution >= 0.6 is 15.9 Å². The second kappa shape index (κ2) is 6.52. The summed E-state index contributed by atoms with van der Waals surface area (Å²) < 4.78 is 0.998. The molecular weight excluding hydrogens is 300 g/mol. The number of aromatic nitrogens is 1. The molecule has 1 aromatic rings. The van der Waals surface area contributed by atoms with E-state index in [4.69, 9.17) is 0 Å². The molecule has 1 saturated carbocycles. The average Bonchev–Trinajstić information content (AvgIpc) is 2.42. The lowest BCUT2D eigenvalue weighted by Crippen LogP contribution is -2.28. The maximum Gasteiger partial charge on any atom is 0.0693 e. The van der Waals surface area contributed by atoms with Crippen molar-refractivity contribution in [1.29, 1.82) is 5.26 Å². The molecule has 1 aliphatic carbocycles. The lowest BCUT2D eigenvalue weighted by atomic mass is 9.68. The van der Waals surface area contributed by atoms with Crippen LogP contribution in [0.1, 0.15) is 51.0 Å². The van der Waals surface area contributed by atoms with Gasteiger partial charge in [-0.15, -0.1) is 0 Å². The molecule has 1 heterocycles. The van der Waals surface area contributed by atoms with E-state index in [1.54, 1.807) is 6.20 Å². The van der Waals surface area contributed by atoms with E-state index in [2.05, 4.69) is 40.0 Å². The average molecular weight is 321 g/mol. The van der Waals surface area contributed by atoms with Gasteiger partial charge in [-0.05, 0) is 65.6 Å². The molecule has 0 radical (unpaired) electrons. The Morgan fingerprint density at radius 2 is 2.16 bits per heavy atom. The van der Waals surface area contributed by atoms with Gasteiger partial charge in [0.05, 0.1) is 11.5 Å². The summed E-state index contributed by atoms with van der Waals surface area (Å²) in [6, 6.07) is 4.69. The SMILES string of the molecule is CCCC1CCC(C#N)(Cc2cncc(Br)c2)CC1. The first-order chi connectivity index (χ1) is 9.17. The van der Waals surface area contributed by atoms with E-state index in [-0.39, 0.29) is 5.41 Å². The maximum atomic E-state index is 9.61. The van der Waals surface area contributed by atoms with E-state index >= 15 is 0 Å². The molecule has 0 saturated heterocycles. The summed E-state index contributed by atoms with van der Waals surface area (Å²) in [5.41, 5.74) is 1.01. The topological polar surface area (TPSA) is 36.7 Å². The summed E-state index contributed by atoms with van der Waals surface area (Å²) >= 11 is 3.45. The van der Waals surface area contributed by atoms with Gasteiger partial charge in [0.2, 0.25) is 0 Å². The summed E-state index contributed by atoms with van der Waals surface area (Å²) in [5, 5.41) is 9.61. The first-order valence-corrected chi connectivity index (χ1v) is 7.97. The second-order valence-electron chi connectivity index (χ2n) is 5.81. The van der Waals surface area contributed by atoms with Crippen molar-refractivity contribution in [3.05, 3.63) is 28.5 Å². The number of nitriles is 1. The standard InChI is InChI=1S/C16H21BrN2/c1-2-3-13-4-6-16(12-18,7-5-13)9-14-8-15(17)11-19-10-14/h8,10-11,13H,2-7,9H2,1H3. The summed E-state index contributed by atoms with van der Waals surface area (Å²) in [4.78, 5) is 4.20. The minimum Gasteiger partial charge on any atom is -0.263 e. The van der Waals surface area contributed by atoms with Crippen molar-refractivity contribution in [3.63, 3.8) is 0 Å². The van der Waals surface area contributed by atoms with Gasteiger partial charge in [-0.1, -0.05) is 19.8 Å². The molecule has 2 nitrogen and oxygen atoms in total. The normalized spacial score (nSPS) is 26.9. The largest absolute Gasteiger partial charge is 0.263 e. The van der Waals surface area contributed by atoms with Crippen molar-refractivity contribution in [3.8, 4) is 6.07 Å². The van der Waals surface area contributed by atoms with Crippen molar-refractivity contribution in [2.75, 3.05) is 0 Å². The first-order valence-electron chi connectivity index (χ1n) is 7.18.